The molecule has 1 aromatic carbocycles. The van der Waals surface area contributed by atoms with Gasteiger partial charge in [-0.3, -0.25) is 19.6 Å². The van der Waals surface area contributed by atoms with Gasteiger partial charge in [0.15, 0.2) is 0 Å². The number of amides is 1. The summed E-state index contributed by atoms with van der Waals surface area (Å²) in [7, 11) is 0. The molecule has 3 heterocycles. The highest BCUT2D eigenvalue weighted by Crippen LogP contribution is 2.26. The second-order valence-corrected chi connectivity index (χ2v) is 9.33. The van der Waals surface area contributed by atoms with E-state index < -0.39 is 0 Å². The molecule has 32 heavy (non-hydrogen) atoms. The summed E-state index contributed by atoms with van der Waals surface area (Å²) in [4.78, 5) is 21.9. The average molecular weight is 433 g/mol. The van der Waals surface area contributed by atoms with Crippen LogP contribution in [0.25, 0.3) is 5.69 Å². The number of anilines is 1. The highest BCUT2D eigenvalue weighted by atomic mass is 16.2. The van der Waals surface area contributed by atoms with Crippen molar-refractivity contribution in [2.45, 2.75) is 32.7 Å². The summed E-state index contributed by atoms with van der Waals surface area (Å²) in [6.45, 7) is 11.2. The fourth-order valence-corrected chi connectivity index (χ4v) is 3.81. The third-order valence-electron chi connectivity index (χ3n) is 5.69. The molecule has 1 N–H and O–H groups in total. The summed E-state index contributed by atoms with van der Waals surface area (Å²) in [5, 5.41) is 7.87. The van der Waals surface area contributed by atoms with Crippen molar-refractivity contribution in [2.75, 3.05) is 38.0 Å². The van der Waals surface area contributed by atoms with E-state index in [4.69, 9.17) is 5.10 Å². The first-order valence-corrected chi connectivity index (χ1v) is 11.2. The van der Waals surface area contributed by atoms with E-state index in [1.165, 1.54) is 0 Å². The van der Waals surface area contributed by atoms with Crippen molar-refractivity contribution in [2.24, 2.45) is 0 Å². The van der Waals surface area contributed by atoms with Crippen LogP contribution in [-0.2, 0) is 16.8 Å². The van der Waals surface area contributed by atoms with Crippen LogP contribution in [0.15, 0.2) is 60.8 Å². The minimum Gasteiger partial charge on any atom is -0.309 e. The lowest BCUT2D eigenvalue weighted by Crippen LogP contribution is -2.48. The number of aromatic nitrogens is 3. The van der Waals surface area contributed by atoms with E-state index in [2.05, 4.69) is 46.9 Å². The minimum atomic E-state index is -0.108. The van der Waals surface area contributed by atoms with Crippen molar-refractivity contribution >= 4 is 11.7 Å². The van der Waals surface area contributed by atoms with Crippen LogP contribution in [-0.4, -0.2) is 63.2 Å². The number of para-hydroxylation sites is 1. The van der Waals surface area contributed by atoms with E-state index in [0.29, 0.717) is 12.4 Å². The lowest BCUT2D eigenvalue weighted by Gasteiger charge is -2.34. The van der Waals surface area contributed by atoms with Gasteiger partial charge in [-0.2, -0.15) is 5.10 Å². The normalized spacial score (nSPS) is 15.6. The number of carbonyl (C=O) groups excluding carboxylic acids is 1. The van der Waals surface area contributed by atoms with Gasteiger partial charge in [-0.05, 0) is 24.3 Å². The molecule has 3 aromatic rings. The summed E-state index contributed by atoms with van der Waals surface area (Å²) in [6.07, 6.45) is 1.83. The predicted molar refractivity (Wildman–Crippen MR) is 127 cm³/mol. The first kappa shape index (κ1) is 22.2. The molecule has 1 saturated heterocycles. The molecule has 4 rings (SSSR count). The summed E-state index contributed by atoms with van der Waals surface area (Å²) < 4.78 is 1.82. The minimum absolute atomic E-state index is 0.0132. The second kappa shape index (κ2) is 9.63. The quantitative estimate of drug-likeness (QED) is 0.647. The van der Waals surface area contributed by atoms with Gasteiger partial charge < -0.3 is 5.32 Å². The van der Waals surface area contributed by atoms with E-state index in [1.807, 2.05) is 59.4 Å². The van der Waals surface area contributed by atoms with Crippen molar-refractivity contribution < 1.29 is 4.79 Å². The van der Waals surface area contributed by atoms with Crippen molar-refractivity contribution in [1.82, 2.24) is 24.6 Å². The van der Waals surface area contributed by atoms with Crippen molar-refractivity contribution in [3.8, 4) is 5.69 Å². The fourth-order valence-electron chi connectivity index (χ4n) is 3.81. The van der Waals surface area contributed by atoms with Crippen LogP contribution in [0.3, 0.4) is 0 Å². The highest BCUT2D eigenvalue weighted by molar-refractivity contribution is 5.91. The van der Waals surface area contributed by atoms with Crippen LogP contribution in [0, 0.1) is 0 Å². The summed E-state index contributed by atoms with van der Waals surface area (Å²) >= 11 is 0. The molecule has 1 fully saturated rings. The summed E-state index contributed by atoms with van der Waals surface area (Å²) in [5.41, 5.74) is 2.85. The van der Waals surface area contributed by atoms with Gasteiger partial charge in [0.2, 0.25) is 5.91 Å². The Morgan fingerprint density at radius 3 is 2.31 bits per heavy atom. The van der Waals surface area contributed by atoms with Gasteiger partial charge in [0.1, 0.15) is 5.82 Å². The molecule has 0 saturated carbocycles. The maximum atomic E-state index is 12.9. The summed E-state index contributed by atoms with van der Waals surface area (Å²) in [5.74, 6) is 0.695. The predicted octanol–water partition coefficient (Wildman–Crippen LogP) is 3.32. The van der Waals surface area contributed by atoms with Crippen LogP contribution < -0.4 is 5.32 Å². The monoisotopic (exact) mass is 432 g/mol. The zero-order valence-electron chi connectivity index (χ0n) is 19.2. The number of pyridine rings is 1. The van der Waals surface area contributed by atoms with Gasteiger partial charge in [-0.25, -0.2) is 4.68 Å². The lowest BCUT2D eigenvalue weighted by atomic mass is 9.92. The molecule has 0 unspecified atom stereocenters. The Bertz CT molecular complexity index is 1020. The topological polar surface area (TPSA) is 66.3 Å². The Labute approximate surface area is 190 Å². The van der Waals surface area contributed by atoms with Crippen LogP contribution >= 0.6 is 0 Å². The van der Waals surface area contributed by atoms with Gasteiger partial charge in [-0.15, -0.1) is 0 Å². The van der Waals surface area contributed by atoms with E-state index >= 15 is 0 Å². The Kier molecular flexibility index (Phi) is 6.67. The molecule has 1 aliphatic heterocycles. The van der Waals surface area contributed by atoms with E-state index in [-0.39, 0.29) is 11.3 Å². The third-order valence-corrected chi connectivity index (χ3v) is 5.69. The molecule has 0 radical (unpaired) electrons. The van der Waals surface area contributed by atoms with Crippen molar-refractivity contribution in [3.63, 3.8) is 0 Å². The molecule has 1 amide bonds. The summed E-state index contributed by atoms with van der Waals surface area (Å²) in [6, 6.07) is 17.9. The fraction of sp³-hybridized carbons (Fsp3) is 0.400. The second-order valence-electron chi connectivity index (χ2n) is 9.33. The Hall–Kier alpha value is -3.03. The number of hydrogen-bond acceptors (Lipinski definition) is 5. The zero-order valence-corrected chi connectivity index (χ0v) is 19.2. The third kappa shape index (κ3) is 5.60. The maximum Gasteiger partial charge on any atom is 0.239 e. The van der Waals surface area contributed by atoms with Crippen molar-refractivity contribution in [3.05, 3.63) is 72.2 Å². The molecule has 0 aliphatic carbocycles. The molecule has 7 nitrogen and oxygen atoms in total. The van der Waals surface area contributed by atoms with E-state index in [9.17, 15) is 4.79 Å². The molecular formula is C25H32N6O. The molecule has 0 atom stereocenters. The van der Waals surface area contributed by atoms with Gasteiger partial charge in [-0.1, -0.05) is 45.0 Å². The number of nitrogens with zero attached hydrogens (tertiary/aromatic N) is 5. The molecular weight excluding hydrogens is 400 g/mol. The maximum absolute atomic E-state index is 12.9. The molecule has 1 aliphatic rings. The highest BCUT2D eigenvalue weighted by Gasteiger charge is 2.23. The zero-order chi connectivity index (χ0) is 22.6. The SMILES string of the molecule is CC(C)(C)c1cc(NC(=O)CN2CCN(Cc3ccccn3)CC2)n(-c2ccccc2)n1. The first-order chi connectivity index (χ1) is 15.4. The molecule has 168 valence electrons. The number of carbonyl (C=O) groups is 1. The number of nitrogens with one attached hydrogen (secondary N) is 1. The van der Waals surface area contributed by atoms with Crippen LogP contribution in [0.5, 0.6) is 0 Å². The lowest BCUT2D eigenvalue weighted by molar-refractivity contribution is -0.117. The van der Waals surface area contributed by atoms with Gasteiger partial charge in [0.25, 0.3) is 0 Å². The largest absolute Gasteiger partial charge is 0.309 e. The van der Waals surface area contributed by atoms with Crippen molar-refractivity contribution in [1.29, 1.82) is 0 Å². The Morgan fingerprint density at radius 2 is 1.66 bits per heavy atom. The molecule has 2 aromatic heterocycles. The van der Waals surface area contributed by atoms with E-state index in [0.717, 1.165) is 49.8 Å². The van der Waals surface area contributed by atoms with Crippen LogP contribution in [0.2, 0.25) is 0 Å². The van der Waals surface area contributed by atoms with Gasteiger partial charge >= 0.3 is 0 Å². The first-order valence-electron chi connectivity index (χ1n) is 11.2. The number of benzene rings is 1. The number of piperazine rings is 1. The Morgan fingerprint density at radius 1 is 0.969 bits per heavy atom. The van der Waals surface area contributed by atoms with E-state index in [1.54, 1.807) is 0 Å². The average Bonchev–Trinajstić information content (AvgIpc) is 3.21. The Balaban J connectivity index is 1.37. The molecule has 0 spiro atoms. The van der Waals surface area contributed by atoms with Crippen LogP contribution in [0.1, 0.15) is 32.2 Å². The van der Waals surface area contributed by atoms with Gasteiger partial charge in [0, 0.05) is 50.4 Å². The molecule has 7 heteroatoms. The van der Waals surface area contributed by atoms with Crippen LogP contribution in [0.4, 0.5) is 5.82 Å². The van der Waals surface area contributed by atoms with Gasteiger partial charge in [0.05, 0.1) is 23.6 Å². The number of rotatable bonds is 6. The number of hydrogen-bond donors (Lipinski definition) is 1. The standard InChI is InChI=1S/C25H32N6O/c1-25(2,3)22-17-23(31(28-22)21-10-5-4-6-11-21)27-24(32)19-30-15-13-29(14-16-30)18-20-9-7-8-12-26-20/h4-12,17H,13-16,18-19H2,1-3H3,(H,27,32). The smallest absolute Gasteiger partial charge is 0.239 e. The molecule has 0 bridgehead atoms.